The van der Waals surface area contributed by atoms with Crippen molar-refractivity contribution in [2.75, 3.05) is 5.88 Å². The minimum atomic E-state index is 0. The molecule has 0 unspecified atom stereocenters. The van der Waals surface area contributed by atoms with Gasteiger partial charge in [-0.3, -0.25) is 0 Å². The van der Waals surface area contributed by atoms with Crippen molar-refractivity contribution in [1.82, 2.24) is 0 Å². The summed E-state index contributed by atoms with van der Waals surface area (Å²) in [5.74, 6) is 1.16. The second-order valence-electron chi connectivity index (χ2n) is 2.21. The lowest BCUT2D eigenvalue weighted by Crippen LogP contribution is -3.00. The van der Waals surface area contributed by atoms with Gasteiger partial charge in [0.25, 0.3) is 0 Å². The van der Waals surface area contributed by atoms with Gasteiger partial charge in [0.2, 0.25) is 0 Å². The third kappa shape index (κ3) is 3.18. The molecule has 0 N–H and O–H groups in total. The summed E-state index contributed by atoms with van der Waals surface area (Å²) in [6.07, 6.45) is 1.99. The summed E-state index contributed by atoms with van der Waals surface area (Å²) >= 11 is 11.3. The SMILES string of the molecule is ClCC[n+]1ccccc1CCl.[Cl-]. The lowest BCUT2D eigenvalue weighted by molar-refractivity contribution is -0.699. The van der Waals surface area contributed by atoms with E-state index in [1.165, 1.54) is 0 Å². The molecule has 0 atom stereocenters. The number of nitrogens with zero attached hydrogens (tertiary/aromatic N) is 1. The molecular weight excluding hydrogens is 216 g/mol. The van der Waals surface area contributed by atoms with Gasteiger partial charge in [-0.25, -0.2) is 4.57 Å². The fourth-order valence-electron chi connectivity index (χ4n) is 0.942. The number of alkyl halides is 2. The zero-order chi connectivity index (χ0) is 8.10. The number of aromatic nitrogens is 1. The number of hydrogen-bond donors (Lipinski definition) is 0. The van der Waals surface area contributed by atoms with E-state index in [1.54, 1.807) is 0 Å². The first-order chi connectivity index (χ1) is 5.38. The molecule has 0 saturated heterocycles. The van der Waals surface area contributed by atoms with Crippen LogP contribution in [0.2, 0.25) is 0 Å². The zero-order valence-electron chi connectivity index (χ0n) is 6.51. The van der Waals surface area contributed by atoms with Crippen molar-refractivity contribution in [2.45, 2.75) is 12.4 Å². The van der Waals surface area contributed by atoms with Gasteiger partial charge < -0.3 is 12.4 Å². The van der Waals surface area contributed by atoms with E-state index >= 15 is 0 Å². The van der Waals surface area contributed by atoms with Crippen LogP contribution in [-0.2, 0) is 12.4 Å². The zero-order valence-corrected chi connectivity index (χ0v) is 8.78. The van der Waals surface area contributed by atoms with Crippen molar-refractivity contribution >= 4 is 23.2 Å². The summed E-state index contributed by atoms with van der Waals surface area (Å²) in [7, 11) is 0. The molecule has 0 amide bonds. The summed E-state index contributed by atoms with van der Waals surface area (Å²) in [4.78, 5) is 0. The van der Waals surface area contributed by atoms with Crippen molar-refractivity contribution in [3.05, 3.63) is 30.1 Å². The van der Waals surface area contributed by atoms with Crippen LogP contribution in [0, 0.1) is 0 Å². The Morgan fingerprint density at radius 1 is 1.25 bits per heavy atom. The van der Waals surface area contributed by atoms with Gasteiger partial charge >= 0.3 is 0 Å². The van der Waals surface area contributed by atoms with Gasteiger partial charge in [0.1, 0.15) is 5.88 Å². The van der Waals surface area contributed by atoms with Crippen LogP contribution in [0.25, 0.3) is 0 Å². The predicted octanol–water partition coefficient (Wildman–Crippen LogP) is -1.04. The molecule has 1 heterocycles. The molecule has 0 aliphatic heterocycles. The molecule has 1 aromatic rings. The Kier molecular flexibility index (Phi) is 6.54. The van der Waals surface area contributed by atoms with Crippen LogP contribution >= 0.6 is 23.2 Å². The first-order valence-electron chi connectivity index (χ1n) is 3.47. The van der Waals surface area contributed by atoms with E-state index < -0.39 is 0 Å². The molecule has 12 heavy (non-hydrogen) atoms. The minimum Gasteiger partial charge on any atom is -1.00 e. The average Bonchev–Trinajstić information content (AvgIpc) is 2.06. The van der Waals surface area contributed by atoms with Gasteiger partial charge in [0.05, 0.1) is 5.88 Å². The largest absolute Gasteiger partial charge is 1.00 e. The molecule has 0 radical (unpaired) electrons. The highest BCUT2D eigenvalue weighted by Crippen LogP contribution is 1.95. The van der Waals surface area contributed by atoms with Gasteiger partial charge in [0, 0.05) is 12.1 Å². The van der Waals surface area contributed by atoms with E-state index in [0.717, 1.165) is 12.2 Å². The second kappa shape index (κ2) is 6.53. The van der Waals surface area contributed by atoms with E-state index in [1.807, 2.05) is 24.4 Å². The molecule has 0 aliphatic rings. The van der Waals surface area contributed by atoms with Crippen LogP contribution < -0.4 is 17.0 Å². The Morgan fingerprint density at radius 2 is 2.00 bits per heavy atom. The molecule has 1 aromatic heterocycles. The number of halogens is 3. The van der Waals surface area contributed by atoms with Crippen molar-refractivity contribution in [1.29, 1.82) is 0 Å². The Balaban J connectivity index is 0.00000121. The summed E-state index contributed by atoms with van der Waals surface area (Å²) in [6.45, 7) is 0.824. The second-order valence-corrected chi connectivity index (χ2v) is 2.85. The summed E-state index contributed by atoms with van der Waals surface area (Å²) in [6, 6.07) is 5.95. The Labute approximate surface area is 88.7 Å². The van der Waals surface area contributed by atoms with Crippen molar-refractivity contribution < 1.29 is 17.0 Å². The Morgan fingerprint density at radius 3 is 2.58 bits per heavy atom. The Bertz CT molecular complexity index is 227. The van der Waals surface area contributed by atoms with Gasteiger partial charge in [-0.05, 0) is 0 Å². The third-order valence-corrected chi connectivity index (χ3v) is 1.94. The fraction of sp³-hybridized carbons (Fsp3) is 0.375. The fourth-order valence-corrected chi connectivity index (χ4v) is 1.37. The maximum atomic E-state index is 5.70. The van der Waals surface area contributed by atoms with E-state index in [-0.39, 0.29) is 12.4 Å². The smallest absolute Gasteiger partial charge is 0.196 e. The molecule has 0 aromatic carbocycles. The molecule has 0 bridgehead atoms. The molecule has 68 valence electrons. The third-order valence-electron chi connectivity index (χ3n) is 1.50. The highest BCUT2D eigenvalue weighted by molar-refractivity contribution is 6.17. The molecule has 1 nitrogen and oxygen atoms in total. The van der Waals surface area contributed by atoms with Crippen molar-refractivity contribution in [3.8, 4) is 0 Å². The molecular formula is C8H10Cl3N. The predicted molar refractivity (Wildman–Crippen MR) is 46.9 cm³/mol. The summed E-state index contributed by atoms with van der Waals surface area (Å²) in [5, 5.41) is 0. The van der Waals surface area contributed by atoms with Gasteiger partial charge in [-0.15, -0.1) is 23.2 Å². The minimum absolute atomic E-state index is 0. The van der Waals surface area contributed by atoms with Crippen LogP contribution in [0.4, 0.5) is 0 Å². The van der Waals surface area contributed by atoms with Crippen LogP contribution in [0.3, 0.4) is 0 Å². The van der Waals surface area contributed by atoms with E-state index in [0.29, 0.717) is 11.8 Å². The standard InChI is InChI=1S/C8H10Cl2N.ClH/c9-4-6-11-5-2-1-3-8(11)7-10;/h1-3,5H,4,6-7H2;1H/q+1;/p-1. The van der Waals surface area contributed by atoms with Gasteiger partial charge in [0.15, 0.2) is 18.4 Å². The normalized spacial score (nSPS) is 9.17. The van der Waals surface area contributed by atoms with E-state index in [9.17, 15) is 0 Å². The first-order valence-corrected chi connectivity index (χ1v) is 4.54. The molecule has 0 spiro atoms. The Hall–Kier alpha value is 0.0200. The first kappa shape index (κ1) is 12.0. The lowest BCUT2D eigenvalue weighted by Gasteiger charge is -1.96. The van der Waals surface area contributed by atoms with Crippen molar-refractivity contribution in [2.24, 2.45) is 0 Å². The number of pyridine rings is 1. The van der Waals surface area contributed by atoms with Crippen LogP contribution in [0.15, 0.2) is 24.4 Å². The topological polar surface area (TPSA) is 3.88 Å². The molecule has 0 aliphatic carbocycles. The van der Waals surface area contributed by atoms with Gasteiger partial charge in [-0.2, -0.15) is 0 Å². The number of rotatable bonds is 3. The summed E-state index contributed by atoms with van der Waals surface area (Å²) < 4.78 is 2.06. The van der Waals surface area contributed by atoms with E-state index in [2.05, 4.69) is 4.57 Å². The highest BCUT2D eigenvalue weighted by atomic mass is 35.5. The van der Waals surface area contributed by atoms with Crippen LogP contribution in [0.1, 0.15) is 5.69 Å². The molecule has 0 fully saturated rings. The van der Waals surface area contributed by atoms with E-state index in [4.69, 9.17) is 23.2 Å². The molecule has 4 heteroatoms. The average molecular weight is 227 g/mol. The van der Waals surface area contributed by atoms with Crippen LogP contribution in [0.5, 0.6) is 0 Å². The molecule has 1 rings (SSSR count). The summed E-state index contributed by atoms with van der Waals surface area (Å²) in [5.41, 5.74) is 1.11. The van der Waals surface area contributed by atoms with Crippen LogP contribution in [-0.4, -0.2) is 5.88 Å². The quantitative estimate of drug-likeness (QED) is 0.458. The lowest BCUT2D eigenvalue weighted by atomic mass is 10.3. The molecule has 0 saturated carbocycles. The maximum Gasteiger partial charge on any atom is 0.196 e. The monoisotopic (exact) mass is 225 g/mol. The van der Waals surface area contributed by atoms with Crippen molar-refractivity contribution in [3.63, 3.8) is 0 Å². The number of aryl methyl sites for hydroxylation is 1. The van der Waals surface area contributed by atoms with Gasteiger partial charge in [-0.1, -0.05) is 6.07 Å². The maximum absolute atomic E-state index is 5.70. The number of hydrogen-bond acceptors (Lipinski definition) is 0. The highest BCUT2D eigenvalue weighted by Gasteiger charge is 2.05.